The van der Waals surface area contributed by atoms with E-state index in [1.165, 1.54) is 11.1 Å². The van der Waals surface area contributed by atoms with Gasteiger partial charge in [-0.15, -0.1) is 5.10 Å². The number of aromatic nitrogens is 3. The second kappa shape index (κ2) is 5.53. The summed E-state index contributed by atoms with van der Waals surface area (Å²) < 4.78 is 1.92. The zero-order chi connectivity index (χ0) is 13.9. The number of nitrogens with two attached hydrogens (primary N) is 1. The molecule has 0 aliphatic rings. The van der Waals surface area contributed by atoms with Crippen LogP contribution in [0.3, 0.4) is 0 Å². The Morgan fingerprint density at radius 3 is 2.42 bits per heavy atom. The van der Waals surface area contributed by atoms with Gasteiger partial charge in [0.05, 0.1) is 18.4 Å². The molecule has 0 bridgehead atoms. The summed E-state index contributed by atoms with van der Waals surface area (Å²) in [5.74, 6) is 0. The van der Waals surface area contributed by atoms with Crippen LogP contribution >= 0.6 is 0 Å². The standard InChI is InChI=1S/C15H22N4/c1-15(2,3)13-6-4-12(5-7-13)11-19-14(8-9-16)10-17-18-19/h4-7,10H,8-9,11,16H2,1-3H3. The van der Waals surface area contributed by atoms with Gasteiger partial charge in [0.25, 0.3) is 0 Å². The molecular weight excluding hydrogens is 236 g/mol. The molecule has 0 aliphatic heterocycles. The van der Waals surface area contributed by atoms with Crippen LogP contribution in [0.1, 0.15) is 37.6 Å². The Morgan fingerprint density at radius 1 is 1.16 bits per heavy atom. The van der Waals surface area contributed by atoms with Crippen molar-refractivity contribution in [3.8, 4) is 0 Å². The lowest BCUT2D eigenvalue weighted by Gasteiger charge is -2.19. The molecule has 0 atom stereocenters. The summed E-state index contributed by atoms with van der Waals surface area (Å²) in [5, 5.41) is 8.06. The molecule has 2 aromatic rings. The van der Waals surface area contributed by atoms with E-state index in [9.17, 15) is 0 Å². The minimum absolute atomic E-state index is 0.191. The molecule has 0 aliphatic carbocycles. The van der Waals surface area contributed by atoms with Crippen molar-refractivity contribution in [2.24, 2.45) is 5.73 Å². The Labute approximate surface area is 114 Å². The van der Waals surface area contributed by atoms with E-state index in [-0.39, 0.29) is 5.41 Å². The number of benzene rings is 1. The van der Waals surface area contributed by atoms with Gasteiger partial charge in [0.1, 0.15) is 0 Å². The van der Waals surface area contributed by atoms with Gasteiger partial charge in [0.15, 0.2) is 0 Å². The Morgan fingerprint density at radius 2 is 1.84 bits per heavy atom. The molecule has 0 radical (unpaired) electrons. The van der Waals surface area contributed by atoms with Gasteiger partial charge in [0.2, 0.25) is 0 Å². The van der Waals surface area contributed by atoms with Gasteiger partial charge < -0.3 is 5.73 Å². The number of rotatable bonds is 4. The van der Waals surface area contributed by atoms with Crippen molar-refractivity contribution >= 4 is 0 Å². The minimum atomic E-state index is 0.191. The number of hydrogen-bond donors (Lipinski definition) is 1. The Balaban J connectivity index is 2.13. The second-order valence-corrected chi connectivity index (χ2v) is 5.87. The molecule has 0 spiro atoms. The minimum Gasteiger partial charge on any atom is -0.330 e. The predicted molar refractivity (Wildman–Crippen MR) is 77.0 cm³/mol. The molecule has 4 heteroatoms. The molecule has 19 heavy (non-hydrogen) atoms. The fourth-order valence-electron chi connectivity index (χ4n) is 2.04. The second-order valence-electron chi connectivity index (χ2n) is 5.87. The monoisotopic (exact) mass is 258 g/mol. The van der Waals surface area contributed by atoms with E-state index >= 15 is 0 Å². The van der Waals surface area contributed by atoms with Gasteiger partial charge in [-0.05, 0) is 23.1 Å². The van der Waals surface area contributed by atoms with Crippen molar-refractivity contribution in [3.63, 3.8) is 0 Å². The van der Waals surface area contributed by atoms with Crippen molar-refractivity contribution in [1.29, 1.82) is 0 Å². The summed E-state index contributed by atoms with van der Waals surface area (Å²) >= 11 is 0. The van der Waals surface area contributed by atoms with Gasteiger partial charge in [-0.25, -0.2) is 4.68 Å². The maximum atomic E-state index is 5.58. The van der Waals surface area contributed by atoms with E-state index in [0.29, 0.717) is 6.54 Å². The first-order valence-corrected chi connectivity index (χ1v) is 6.67. The largest absolute Gasteiger partial charge is 0.330 e. The lowest BCUT2D eigenvalue weighted by Crippen LogP contribution is -2.12. The zero-order valence-corrected chi connectivity index (χ0v) is 11.9. The Bertz CT molecular complexity index is 520. The first-order valence-electron chi connectivity index (χ1n) is 6.67. The van der Waals surface area contributed by atoms with E-state index in [4.69, 9.17) is 5.73 Å². The van der Waals surface area contributed by atoms with Crippen LogP contribution < -0.4 is 5.73 Å². The molecule has 2 N–H and O–H groups in total. The topological polar surface area (TPSA) is 56.7 Å². The van der Waals surface area contributed by atoms with Crippen LogP contribution in [0.25, 0.3) is 0 Å². The maximum absolute atomic E-state index is 5.58. The highest BCUT2D eigenvalue weighted by molar-refractivity contribution is 5.27. The quantitative estimate of drug-likeness (QED) is 0.914. The summed E-state index contributed by atoms with van der Waals surface area (Å²) in [6, 6.07) is 8.70. The maximum Gasteiger partial charge on any atom is 0.0725 e. The molecule has 1 aromatic heterocycles. The first-order chi connectivity index (χ1) is 9.00. The van der Waals surface area contributed by atoms with Gasteiger partial charge in [-0.3, -0.25) is 0 Å². The van der Waals surface area contributed by atoms with E-state index < -0.39 is 0 Å². The molecule has 0 saturated heterocycles. The average Bonchev–Trinajstić information content (AvgIpc) is 2.77. The van der Waals surface area contributed by atoms with E-state index in [1.807, 2.05) is 4.68 Å². The molecule has 0 unspecified atom stereocenters. The molecule has 0 fully saturated rings. The molecule has 4 nitrogen and oxygen atoms in total. The fraction of sp³-hybridized carbons (Fsp3) is 0.467. The van der Waals surface area contributed by atoms with Crippen LogP contribution in [0, 0.1) is 0 Å². The SMILES string of the molecule is CC(C)(C)c1ccc(Cn2nncc2CCN)cc1. The number of hydrogen-bond acceptors (Lipinski definition) is 3. The third-order valence-corrected chi connectivity index (χ3v) is 3.25. The Kier molecular flexibility index (Phi) is 4.00. The number of nitrogens with zero attached hydrogens (tertiary/aromatic N) is 3. The lowest BCUT2D eigenvalue weighted by molar-refractivity contribution is 0.588. The van der Waals surface area contributed by atoms with Crippen molar-refractivity contribution in [3.05, 3.63) is 47.3 Å². The van der Waals surface area contributed by atoms with Gasteiger partial charge >= 0.3 is 0 Å². The summed E-state index contributed by atoms with van der Waals surface area (Å²) in [6.07, 6.45) is 2.60. The zero-order valence-electron chi connectivity index (χ0n) is 11.9. The van der Waals surface area contributed by atoms with Gasteiger partial charge in [-0.1, -0.05) is 50.3 Å². The van der Waals surface area contributed by atoms with Crippen LogP contribution in [0.5, 0.6) is 0 Å². The van der Waals surface area contributed by atoms with Gasteiger partial charge in [-0.2, -0.15) is 0 Å². The molecule has 1 aromatic carbocycles. The molecule has 102 valence electrons. The molecule has 0 amide bonds. The third-order valence-electron chi connectivity index (χ3n) is 3.25. The first kappa shape index (κ1) is 13.7. The summed E-state index contributed by atoms with van der Waals surface area (Å²) in [7, 11) is 0. The fourth-order valence-corrected chi connectivity index (χ4v) is 2.04. The van der Waals surface area contributed by atoms with Gasteiger partial charge in [0, 0.05) is 6.42 Å². The summed E-state index contributed by atoms with van der Waals surface area (Å²) in [6.45, 7) is 8.03. The average molecular weight is 258 g/mol. The summed E-state index contributed by atoms with van der Waals surface area (Å²) in [5.41, 5.74) is 9.43. The van der Waals surface area contributed by atoms with Crippen LogP contribution in [0.2, 0.25) is 0 Å². The summed E-state index contributed by atoms with van der Waals surface area (Å²) in [4.78, 5) is 0. The van der Waals surface area contributed by atoms with Crippen LogP contribution in [0.15, 0.2) is 30.5 Å². The van der Waals surface area contributed by atoms with Crippen LogP contribution in [0.4, 0.5) is 0 Å². The highest BCUT2D eigenvalue weighted by atomic mass is 15.4. The van der Waals surface area contributed by atoms with E-state index in [1.54, 1.807) is 6.20 Å². The molecular formula is C15H22N4. The van der Waals surface area contributed by atoms with Crippen molar-refractivity contribution in [2.45, 2.75) is 39.2 Å². The van der Waals surface area contributed by atoms with E-state index in [0.717, 1.165) is 18.7 Å². The third kappa shape index (κ3) is 3.41. The molecule has 1 heterocycles. The van der Waals surface area contributed by atoms with Crippen LogP contribution in [-0.2, 0) is 18.4 Å². The van der Waals surface area contributed by atoms with Crippen LogP contribution in [-0.4, -0.2) is 21.5 Å². The molecule has 2 rings (SSSR count). The lowest BCUT2D eigenvalue weighted by atomic mass is 9.87. The Hall–Kier alpha value is -1.68. The normalized spacial score (nSPS) is 11.8. The highest BCUT2D eigenvalue weighted by Crippen LogP contribution is 2.22. The van der Waals surface area contributed by atoms with Crippen molar-refractivity contribution in [2.75, 3.05) is 6.54 Å². The van der Waals surface area contributed by atoms with E-state index in [2.05, 4.69) is 55.3 Å². The highest BCUT2D eigenvalue weighted by Gasteiger charge is 2.13. The smallest absolute Gasteiger partial charge is 0.0725 e. The molecule has 0 saturated carbocycles. The predicted octanol–water partition coefficient (Wildman–Crippen LogP) is 2.13. The van der Waals surface area contributed by atoms with Crippen molar-refractivity contribution in [1.82, 2.24) is 15.0 Å². The van der Waals surface area contributed by atoms with Crippen molar-refractivity contribution < 1.29 is 0 Å².